The van der Waals surface area contributed by atoms with E-state index in [0.29, 0.717) is 17.9 Å². The lowest BCUT2D eigenvalue weighted by Crippen LogP contribution is -2.46. The molecule has 1 aliphatic heterocycles. The third-order valence-corrected chi connectivity index (χ3v) is 4.28. The van der Waals surface area contributed by atoms with Crippen molar-refractivity contribution < 1.29 is 4.79 Å². The van der Waals surface area contributed by atoms with E-state index in [1.165, 1.54) is 19.3 Å². The van der Waals surface area contributed by atoms with E-state index in [-0.39, 0.29) is 12.2 Å². The summed E-state index contributed by atoms with van der Waals surface area (Å²) in [6, 6.07) is 0.454. The van der Waals surface area contributed by atoms with Crippen LogP contribution in [0.15, 0.2) is 0 Å². The third kappa shape index (κ3) is 2.87. The topological polar surface area (TPSA) is 32.3 Å². The Balaban J connectivity index is 2.04. The van der Waals surface area contributed by atoms with Crippen LogP contribution in [0.2, 0.25) is 0 Å². The zero-order valence-corrected chi connectivity index (χ0v) is 12.3. The minimum absolute atomic E-state index is 0.0593. The monoisotopic (exact) mass is 252 g/mol. The number of rotatable bonds is 6. The normalized spacial score (nSPS) is 30.3. The first-order chi connectivity index (χ1) is 8.54. The maximum absolute atomic E-state index is 12.5. The summed E-state index contributed by atoms with van der Waals surface area (Å²) in [5.74, 6) is 1.70. The Hall–Kier alpha value is -0.570. The van der Waals surface area contributed by atoms with Gasteiger partial charge in [-0.2, -0.15) is 0 Å². The number of hydrogen-bond donors (Lipinski definition) is 1. The summed E-state index contributed by atoms with van der Waals surface area (Å²) in [5.41, 5.74) is 0. The molecule has 18 heavy (non-hydrogen) atoms. The molecule has 1 aliphatic carbocycles. The van der Waals surface area contributed by atoms with Crippen molar-refractivity contribution in [2.75, 3.05) is 0 Å². The molecule has 1 heterocycles. The van der Waals surface area contributed by atoms with Crippen LogP contribution in [0.1, 0.15) is 59.8 Å². The molecule has 104 valence electrons. The molecule has 0 aromatic heterocycles. The Bertz CT molecular complexity index is 299. The Morgan fingerprint density at radius 1 is 1.33 bits per heavy atom. The van der Waals surface area contributed by atoms with E-state index in [2.05, 4.69) is 37.9 Å². The van der Waals surface area contributed by atoms with Crippen LogP contribution in [-0.4, -0.2) is 29.1 Å². The number of nitrogens with one attached hydrogen (secondary N) is 1. The van der Waals surface area contributed by atoms with Crippen LogP contribution in [0.3, 0.4) is 0 Å². The number of carbonyl (C=O) groups excluding carboxylic acids is 1. The zero-order valence-electron chi connectivity index (χ0n) is 12.3. The van der Waals surface area contributed by atoms with E-state index >= 15 is 0 Å². The molecule has 3 unspecified atom stereocenters. The Morgan fingerprint density at radius 3 is 2.50 bits per heavy atom. The predicted molar refractivity (Wildman–Crippen MR) is 74.1 cm³/mol. The van der Waals surface area contributed by atoms with Crippen LogP contribution in [0, 0.1) is 11.8 Å². The summed E-state index contributed by atoms with van der Waals surface area (Å²) in [5, 5.41) is 3.54. The van der Waals surface area contributed by atoms with E-state index in [1.807, 2.05) is 0 Å². The van der Waals surface area contributed by atoms with Crippen molar-refractivity contribution in [2.24, 2.45) is 11.8 Å². The Labute approximate surface area is 111 Å². The summed E-state index contributed by atoms with van der Waals surface area (Å²) in [6.07, 6.45) is 6.20. The van der Waals surface area contributed by atoms with Gasteiger partial charge in [-0.25, -0.2) is 0 Å². The van der Waals surface area contributed by atoms with Crippen molar-refractivity contribution in [2.45, 2.75) is 78.0 Å². The zero-order chi connectivity index (χ0) is 13.3. The molecule has 3 atom stereocenters. The van der Waals surface area contributed by atoms with Gasteiger partial charge in [0.05, 0.1) is 12.2 Å². The van der Waals surface area contributed by atoms with Crippen LogP contribution < -0.4 is 5.32 Å². The summed E-state index contributed by atoms with van der Waals surface area (Å²) in [7, 11) is 0. The van der Waals surface area contributed by atoms with Gasteiger partial charge in [0.25, 0.3) is 0 Å². The number of nitrogens with zero attached hydrogens (tertiary/aromatic N) is 1. The lowest BCUT2D eigenvalue weighted by molar-refractivity contribution is -0.132. The van der Waals surface area contributed by atoms with Gasteiger partial charge in [0, 0.05) is 6.04 Å². The molecular weight excluding hydrogens is 224 g/mol. The summed E-state index contributed by atoms with van der Waals surface area (Å²) < 4.78 is 0. The second-order valence-corrected chi connectivity index (χ2v) is 6.47. The van der Waals surface area contributed by atoms with E-state index in [1.54, 1.807) is 0 Å². The lowest BCUT2D eigenvalue weighted by Gasteiger charge is -2.32. The predicted octanol–water partition coefficient (Wildman–Crippen LogP) is 2.76. The average molecular weight is 252 g/mol. The van der Waals surface area contributed by atoms with Gasteiger partial charge in [0.1, 0.15) is 0 Å². The number of amides is 1. The van der Waals surface area contributed by atoms with Gasteiger partial charge in [-0.3, -0.25) is 10.1 Å². The van der Waals surface area contributed by atoms with Gasteiger partial charge >= 0.3 is 0 Å². The van der Waals surface area contributed by atoms with Crippen LogP contribution in [0.5, 0.6) is 0 Å². The fourth-order valence-electron chi connectivity index (χ4n) is 3.12. The molecule has 2 aliphatic rings. The first kappa shape index (κ1) is 13.9. The minimum atomic E-state index is 0.0593. The number of hydrogen-bond acceptors (Lipinski definition) is 2. The minimum Gasteiger partial charge on any atom is -0.323 e. The Morgan fingerprint density at radius 2 is 2.00 bits per heavy atom. The quantitative estimate of drug-likeness (QED) is 0.788. The maximum Gasteiger partial charge on any atom is 0.241 e. The molecule has 3 heteroatoms. The lowest BCUT2D eigenvalue weighted by atomic mass is 10.1. The largest absolute Gasteiger partial charge is 0.323 e. The summed E-state index contributed by atoms with van der Waals surface area (Å²) in [4.78, 5) is 14.7. The molecule has 1 amide bonds. The molecule has 0 spiro atoms. The molecule has 1 saturated carbocycles. The fourth-order valence-corrected chi connectivity index (χ4v) is 3.12. The number of carbonyl (C=O) groups is 1. The Kier molecular flexibility index (Phi) is 4.31. The second kappa shape index (κ2) is 5.60. The molecule has 0 aromatic rings. The summed E-state index contributed by atoms with van der Waals surface area (Å²) >= 11 is 0. The van der Waals surface area contributed by atoms with Crippen molar-refractivity contribution >= 4 is 5.91 Å². The first-order valence-electron chi connectivity index (χ1n) is 7.62. The standard InChI is InChI=1S/C15H28N2O/c1-5-6-13-15(18)17(14(16-13)10(2)3)11(4)9-12-7-8-12/h10-14,16H,5-9H2,1-4H3. The van der Waals surface area contributed by atoms with Gasteiger partial charge in [-0.15, -0.1) is 0 Å². The molecule has 2 rings (SSSR count). The fraction of sp³-hybridized carbons (Fsp3) is 0.933. The molecule has 1 N–H and O–H groups in total. The van der Waals surface area contributed by atoms with Crippen molar-refractivity contribution in [3.63, 3.8) is 0 Å². The van der Waals surface area contributed by atoms with Gasteiger partial charge in [-0.1, -0.05) is 40.0 Å². The maximum atomic E-state index is 12.5. The highest BCUT2D eigenvalue weighted by Crippen LogP contribution is 2.36. The third-order valence-electron chi connectivity index (χ3n) is 4.28. The molecule has 2 fully saturated rings. The highest BCUT2D eigenvalue weighted by atomic mass is 16.2. The van der Waals surface area contributed by atoms with Crippen LogP contribution in [-0.2, 0) is 4.79 Å². The molecule has 0 aromatic carbocycles. The average Bonchev–Trinajstić information content (AvgIpc) is 3.04. The van der Waals surface area contributed by atoms with Crippen molar-refractivity contribution in [1.82, 2.24) is 10.2 Å². The van der Waals surface area contributed by atoms with Crippen molar-refractivity contribution in [3.8, 4) is 0 Å². The van der Waals surface area contributed by atoms with Gasteiger partial charge in [0.2, 0.25) is 5.91 Å². The first-order valence-corrected chi connectivity index (χ1v) is 7.62. The molecule has 0 bridgehead atoms. The van der Waals surface area contributed by atoms with Crippen molar-refractivity contribution in [1.29, 1.82) is 0 Å². The van der Waals surface area contributed by atoms with E-state index in [4.69, 9.17) is 0 Å². The van der Waals surface area contributed by atoms with Crippen LogP contribution in [0.4, 0.5) is 0 Å². The van der Waals surface area contributed by atoms with Gasteiger partial charge < -0.3 is 4.90 Å². The smallest absolute Gasteiger partial charge is 0.241 e. The van der Waals surface area contributed by atoms with E-state index < -0.39 is 0 Å². The van der Waals surface area contributed by atoms with E-state index in [9.17, 15) is 4.79 Å². The molecule has 3 nitrogen and oxygen atoms in total. The molecule has 0 radical (unpaired) electrons. The highest BCUT2D eigenvalue weighted by molar-refractivity contribution is 5.84. The highest BCUT2D eigenvalue weighted by Gasteiger charge is 2.42. The molecule has 1 saturated heterocycles. The van der Waals surface area contributed by atoms with Gasteiger partial charge in [0.15, 0.2) is 0 Å². The van der Waals surface area contributed by atoms with Gasteiger partial charge in [-0.05, 0) is 31.6 Å². The SMILES string of the molecule is CCCC1NC(C(C)C)N(C(C)CC2CC2)C1=O. The van der Waals surface area contributed by atoms with Crippen LogP contribution >= 0.6 is 0 Å². The summed E-state index contributed by atoms with van der Waals surface area (Å²) in [6.45, 7) is 8.78. The van der Waals surface area contributed by atoms with E-state index in [0.717, 1.165) is 18.8 Å². The van der Waals surface area contributed by atoms with Crippen molar-refractivity contribution in [3.05, 3.63) is 0 Å². The second-order valence-electron chi connectivity index (χ2n) is 6.47. The molecular formula is C15H28N2O. The van der Waals surface area contributed by atoms with Crippen LogP contribution in [0.25, 0.3) is 0 Å².